The van der Waals surface area contributed by atoms with Crippen molar-refractivity contribution in [3.63, 3.8) is 0 Å². The van der Waals surface area contributed by atoms with Crippen LogP contribution in [-0.4, -0.2) is 24.7 Å². The molecule has 1 unspecified atom stereocenters. The standard InChI is InChI=1S/C13H19NO3S/c1-3-17-11(15)7-6-10-8-18-13(14-10)12(16-2)9-4-5-9/h8-9,12H,3-7H2,1-2H3. The van der Waals surface area contributed by atoms with Gasteiger partial charge in [0.2, 0.25) is 0 Å². The fourth-order valence-electron chi connectivity index (χ4n) is 1.93. The van der Waals surface area contributed by atoms with Crippen LogP contribution < -0.4 is 0 Å². The topological polar surface area (TPSA) is 48.4 Å². The average molecular weight is 269 g/mol. The third-order valence-corrected chi connectivity index (χ3v) is 3.96. The molecule has 1 aliphatic rings. The Morgan fingerprint density at radius 3 is 3.00 bits per heavy atom. The molecule has 0 N–H and O–H groups in total. The van der Waals surface area contributed by atoms with E-state index >= 15 is 0 Å². The summed E-state index contributed by atoms with van der Waals surface area (Å²) in [6.45, 7) is 2.26. The van der Waals surface area contributed by atoms with Gasteiger partial charge in [-0.1, -0.05) is 0 Å². The molecule has 1 atom stereocenters. The number of rotatable bonds is 7. The minimum Gasteiger partial charge on any atom is -0.466 e. The molecule has 0 radical (unpaired) electrons. The molecule has 100 valence electrons. The van der Waals surface area contributed by atoms with Crippen molar-refractivity contribution in [1.82, 2.24) is 4.98 Å². The lowest BCUT2D eigenvalue weighted by Gasteiger charge is -2.10. The number of aromatic nitrogens is 1. The van der Waals surface area contributed by atoms with Crippen LogP contribution >= 0.6 is 11.3 Å². The Balaban J connectivity index is 1.87. The second-order valence-electron chi connectivity index (χ2n) is 4.48. The van der Waals surface area contributed by atoms with Gasteiger partial charge in [0.05, 0.1) is 18.7 Å². The van der Waals surface area contributed by atoms with E-state index in [9.17, 15) is 4.79 Å². The van der Waals surface area contributed by atoms with Gasteiger partial charge in [-0.2, -0.15) is 0 Å². The summed E-state index contributed by atoms with van der Waals surface area (Å²) in [4.78, 5) is 15.8. The van der Waals surface area contributed by atoms with E-state index in [0.717, 1.165) is 10.7 Å². The van der Waals surface area contributed by atoms with Crippen LogP contribution in [-0.2, 0) is 20.7 Å². The van der Waals surface area contributed by atoms with Gasteiger partial charge < -0.3 is 9.47 Å². The molecule has 0 amide bonds. The normalized spacial score (nSPS) is 16.6. The molecule has 1 fully saturated rings. The van der Waals surface area contributed by atoms with Crippen molar-refractivity contribution >= 4 is 17.3 Å². The van der Waals surface area contributed by atoms with Crippen molar-refractivity contribution in [3.8, 4) is 0 Å². The highest BCUT2D eigenvalue weighted by Crippen LogP contribution is 2.43. The molecule has 2 rings (SSSR count). The number of carbonyl (C=O) groups is 1. The molecule has 0 saturated heterocycles. The zero-order valence-corrected chi connectivity index (χ0v) is 11.7. The number of esters is 1. The van der Waals surface area contributed by atoms with E-state index in [1.165, 1.54) is 12.8 Å². The zero-order chi connectivity index (χ0) is 13.0. The Hall–Kier alpha value is -0.940. The Morgan fingerprint density at radius 1 is 1.61 bits per heavy atom. The van der Waals surface area contributed by atoms with E-state index in [4.69, 9.17) is 9.47 Å². The van der Waals surface area contributed by atoms with Gasteiger partial charge in [-0.3, -0.25) is 4.79 Å². The van der Waals surface area contributed by atoms with Crippen LogP contribution in [0.2, 0.25) is 0 Å². The molecule has 0 aromatic carbocycles. The van der Waals surface area contributed by atoms with Crippen molar-refractivity contribution in [1.29, 1.82) is 0 Å². The fourth-order valence-corrected chi connectivity index (χ4v) is 2.95. The first-order chi connectivity index (χ1) is 8.74. The lowest BCUT2D eigenvalue weighted by Crippen LogP contribution is -2.06. The predicted molar refractivity (Wildman–Crippen MR) is 69.5 cm³/mol. The minimum absolute atomic E-state index is 0.145. The largest absolute Gasteiger partial charge is 0.466 e. The molecule has 0 aliphatic heterocycles. The number of nitrogens with zero attached hydrogens (tertiary/aromatic N) is 1. The quantitative estimate of drug-likeness (QED) is 0.714. The highest BCUT2D eigenvalue weighted by atomic mass is 32.1. The molecule has 5 heteroatoms. The van der Waals surface area contributed by atoms with Crippen LogP contribution in [0.5, 0.6) is 0 Å². The molecular weight excluding hydrogens is 250 g/mol. The average Bonchev–Trinajstić information content (AvgIpc) is 3.07. The Labute approximate surface area is 111 Å². The van der Waals surface area contributed by atoms with Crippen LogP contribution in [0.1, 0.15) is 43.0 Å². The summed E-state index contributed by atoms with van der Waals surface area (Å²) < 4.78 is 10.4. The maximum Gasteiger partial charge on any atom is 0.306 e. The highest BCUT2D eigenvalue weighted by molar-refractivity contribution is 7.09. The van der Waals surface area contributed by atoms with Crippen molar-refractivity contribution in [2.24, 2.45) is 5.92 Å². The maximum absolute atomic E-state index is 11.3. The summed E-state index contributed by atoms with van der Waals surface area (Å²) in [6.07, 6.45) is 3.66. The lowest BCUT2D eigenvalue weighted by molar-refractivity contribution is -0.143. The molecule has 0 spiro atoms. The summed E-state index contributed by atoms with van der Waals surface area (Å²) in [7, 11) is 1.74. The lowest BCUT2D eigenvalue weighted by atomic mass is 10.2. The van der Waals surface area contributed by atoms with Gasteiger partial charge >= 0.3 is 5.97 Å². The third kappa shape index (κ3) is 3.53. The number of hydrogen-bond donors (Lipinski definition) is 0. The molecule has 1 aliphatic carbocycles. The van der Waals surface area contributed by atoms with Gasteiger partial charge in [-0.15, -0.1) is 11.3 Å². The van der Waals surface area contributed by atoms with Crippen LogP contribution in [0.4, 0.5) is 0 Å². The molecular formula is C13H19NO3S. The molecule has 1 aromatic rings. The van der Waals surface area contributed by atoms with Gasteiger partial charge in [0.15, 0.2) is 0 Å². The fraction of sp³-hybridized carbons (Fsp3) is 0.692. The van der Waals surface area contributed by atoms with Crippen LogP contribution in [0.15, 0.2) is 5.38 Å². The van der Waals surface area contributed by atoms with E-state index in [1.54, 1.807) is 18.4 Å². The number of methoxy groups -OCH3 is 1. The molecule has 1 heterocycles. The van der Waals surface area contributed by atoms with Gasteiger partial charge in [0.1, 0.15) is 11.1 Å². The predicted octanol–water partition coefficient (Wildman–Crippen LogP) is 2.74. The second-order valence-corrected chi connectivity index (χ2v) is 5.37. The summed E-state index contributed by atoms with van der Waals surface area (Å²) in [5.74, 6) is 0.483. The number of aryl methyl sites for hydroxylation is 1. The monoisotopic (exact) mass is 269 g/mol. The van der Waals surface area contributed by atoms with Crippen molar-refractivity contribution in [2.75, 3.05) is 13.7 Å². The van der Waals surface area contributed by atoms with Gasteiger partial charge in [0.25, 0.3) is 0 Å². The van der Waals surface area contributed by atoms with E-state index in [0.29, 0.717) is 25.4 Å². The molecule has 18 heavy (non-hydrogen) atoms. The van der Waals surface area contributed by atoms with Crippen molar-refractivity contribution in [3.05, 3.63) is 16.1 Å². The number of carbonyl (C=O) groups excluding carboxylic acids is 1. The van der Waals surface area contributed by atoms with Crippen molar-refractivity contribution in [2.45, 2.75) is 38.7 Å². The summed E-state index contributed by atoms with van der Waals surface area (Å²) in [6, 6.07) is 0. The molecule has 0 bridgehead atoms. The first kappa shape index (κ1) is 13.5. The summed E-state index contributed by atoms with van der Waals surface area (Å²) in [5, 5.41) is 3.06. The number of thiazole rings is 1. The number of hydrogen-bond acceptors (Lipinski definition) is 5. The SMILES string of the molecule is CCOC(=O)CCc1csc(C(OC)C2CC2)n1. The summed E-state index contributed by atoms with van der Waals surface area (Å²) in [5.41, 5.74) is 0.964. The Bertz CT molecular complexity index is 401. The summed E-state index contributed by atoms with van der Waals surface area (Å²) >= 11 is 1.63. The first-order valence-electron chi connectivity index (χ1n) is 6.37. The van der Waals surface area contributed by atoms with E-state index < -0.39 is 0 Å². The van der Waals surface area contributed by atoms with Crippen molar-refractivity contribution < 1.29 is 14.3 Å². The zero-order valence-electron chi connectivity index (χ0n) is 10.8. The second kappa shape index (κ2) is 6.29. The van der Waals surface area contributed by atoms with Gasteiger partial charge in [0, 0.05) is 18.9 Å². The van der Waals surface area contributed by atoms with Gasteiger partial charge in [-0.25, -0.2) is 4.98 Å². The number of ether oxygens (including phenoxy) is 2. The van der Waals surface area contributed by atoms with E-state index in [-0.39, 0.29) is 12.1 Å². The maximum atomic E-state index is 11.3. The Kier molecular flexibility index (Phi) is 4.72. The van der Waals surface area contributed by atoms with Crippen LogP contribution in [0.3, 0.4) is 0 Å². The van der Waals surface area contributed by atoms with E-state index in [1.807, 2.05) is 12.3 Å². The highest BCUT2D eigenvalue weighted by Gasteiger charge is 2.34. The molecule has 1 aromatic heterocycles. The van der Waals surface area contributed by atoms with E-state index in [2.05, 4.69) is 4.98 Å². The van der Waals surface area contributed by atoms with Crippen LogP contribution in [0.25, 0.3) is 0 Å². The minimum atomic E-state index is -0.155. The third-order valence-electron chi connectivity index (χ3n) is 3.01. The Morgan fingerprint density at radius 2 is 2.39 bits per heavy atom. The smallest absolute Gasteiger partial charge is 0.306 e. The first-order valence-corrected chi connectivity index (χ1v) is 7.25. The molecule has 4 nitrogen and oxygen atoms in total. The molecule has 1 saturated carbocycles. The van der Waals surface area contributed by atoms with Gasteiger partial charge in [-0.05, 0) is 25.7 Å². The van der Waals surface area contributed by atoms with Crippen LogP contribution in [0, 0.1) is 5.92 Å².